The van der Waals surface area contributed by atoms with E-state index in [0.29, 0.717) is 29.6 Å². The highest BCUT2D eigenvalue weighted by molar-refractivity contribution is 9.10. The number of carbonyl (C=O) groups is 3. The van der Waals surface area contributed by atoms with Crippen molar-refractivity contribution in [3.8, 4) is 0 Å². The number of rotatable bonds is 5. The largest absolute Gasteiger partial charge is 0.478 e. The lowest BCUT2D eigenvalue weighted by Crippen LogP contribution is -2.31. The van der Waals surface area contributed by atoms with Gasteiger partial charge in [-0.05, 0) is 34.1 Å². The molecule has 20 heavy (non-hydrogen) atoms. The Morgan fingerprint density at radius 3 is 2.55 bits per heavy atom. The van der Waals surface area contributed by atoms with Crippen molar-refractivity contribution in [3.63, 3.8) is 0 Å². The molecule has 0 aliphatic carbocycles. The van der Waals surface area contributed by atoms with E-state index in [1.54, 1.807) is 18.2 Å². The Kier molecular flexibility index (Phi) is 4.82. The number of carbonyl (C=O) groups excluding carboxylic acids is 2. The Bertz CT molecular complexity index is 559. The van der Waals surface area contributed by atoms with Gasteiger partial charge in [-0.1, -0.05) is 0 Å². The normalized spacial score (nSPS) is 14.9. The van der Waals surface area contributed by atoms with Gasteiger partial charge in [-0.25, -0.2) is 4.79 Å². The highest BCUT2D eigenvalue weighted by Crippen LogP contribution is 2.25. The van der Waals surface area contributed by atoms with Gasteiger partial charge in [-0.2, -0.15) is 0 Å². The average molecular weight is 358 g/mol. The van der Waals surface area contributed by atoms with Gasteiger partial charge in [0.05, 0.1) is 5.56 Å². The minimum absolute atomic E-state index is 0.127. The van der Waals surface area contributed by atoms with Crippen LogP contribution in [-0.2, 0) is 9.59 Å². The van der Waals surface area contributed by atoms with Crippen molar-refractivity contribution < 1.29 is 19.5 Å². The molecule has 1 saturated heterocycles. The molecule has 5 nitrogen and oxygen atoms in total. The van der Waals surface area contributed by atoms with Crippen LogP contribution in [0.15, 0.2) is 27.6 Å². The maximum Gasteiger partial charge on any atom is 0.336 e. The number of benzene rings is 1. The van der Waals surface area contributed by atoms with Crippen LogP contribution >= 0.6 is 27.7 Å². The zero-order chi connectivity index (χ0) is 14.7. The molecule has 1 aliphatic heterocycles. The fourth-order valence-electron chi connectivity index (χ4n) is 1.89. The van der Waals surface area contributed by atoms with Crippen LogP contribution in [0.2, 0.25) is 0 Å². The number of carboxylic acid groups (broad SMARTS) is 1. The van der Waals surface area contributed by atoms with E-state index in [1.165, 1.54) is 16.7 Å². The zero-order valence-corrected chi connectivity index (χ0v) is 12.9. The lowest BCUT2D eigenvalue weighted by Gasteiger charge is -2.13. The van der Waals surface area contributed by atoms with E-state index in [4.69, 9.17) is 5.11 Å². The highest BCUT2D eigenvalue weighted by Gasteiger charge is 2.28. The number of carboxylic acids is 1. The van der Waals surface area contributed by atoms with Gasteiger partial charge >= 0.3 is 5.97 Å². The van der Waals surface area contributed by atoms with Gasteiger partial charge in [-0.15, -0.1) is 11.8 Å². The Labute approximate surface area is 128 Å². The monoisotopic (exact) mass is 357 g/mol. The number of halogens is 1. The van der Waals surface area contributed by atoms with Crippen molar-refractivity contribution in [1.82, 2.24) is 4.90 Å². The molecule has 0 spiro atoms. The Hall–Kier alpha value is -1.34. The Morgan fingerprint density at radius 2 is 1.95 bits per heavy atom. The predicted molar refractivity (Wildman–Crippen MR) is 77.8 cm³/mol. The lowest BCUT2D eigenvalue weighted by atomic mass is 10.2. The molecule has 106 valence electrons. The molecule has 0 atom stereocenters. The third-order valence-electron chi connectivity index (χ3n) is 2.91. The van der Waals surface area contributed by atoms with Crippen LogP contribution in [0.1, 0.15) is 23.2 Å². The van der Waals surface area contributed by atoms with E-state index >= 15 is 0 Å². The lowest BCUT2D eigenvalue weighted by molar-refractivity contribution is -0.137. The molecular weight excluding hydrogens is 346 g/mol. The van der Waals surface area contributed by atoms with Crippen molar-refractivity contribution >= 4 is 45.5 Å². The summed E-state index contributed by atoms with van der Waals surface area (Å²) >= 11 is 4.60. The van der Waals surface area contributed by atoms with Gasteiger partial charge in [0, 0.05) is 34.5 Å². The van der Waals surface area contributed by atoms with Crippen molar-refractivity contribution in [2.75, 3.05) is 12.3 Å². The van der Waals surface area contributed by atoms with Crippen LogP contribution in [0.5, 0.6) is 0 Å². The topological polar surface area (TPSA) is 74.7 Å². The number of imide groups is 1. The molecule has 7 heteroatoms. The number of amides is 2. The third-order valence-corrected chi connectivity index (χ3v) is 4.57. The fraction of sp³-hybridized carbons (Fsp3) is 0.308. The molecule has 1 N–H and O–H groups in total. The fourth-order valence-corrected chi connectivity index (χ4v) is 3.18. The summed E-state index contributed by atoms with van der Waals surface area (Å²) in [6.45, 7) is 0.362. The number of hydrogen-bond donors (Lipinski definition) is 1. The number of nitrogens with zero attached hydrogens (tertiary/aromatic N) is 1. The number of likely N-dealkylation sites (tertiary alicyclic amines) is 1. The SMILES string of the molecule is O=C(O)c1cc(SCCN2C(=O)CCC2=O)ccc1Br. The molecule has 2 amide bonds. The molecule has 1 aromatic carbocycles. The molecule has 1 aliphatic rings. The van der Waals surface area contributed by atoms with Gasteiger partial charge < -0.3 is 5.11 Å². The molecule has 0 bridgehead atoms. The summed E-state index contributed by atoms with van der Waals surface area (Å²) in [7, 11) is 0. The molecule has 1 aromatic rings. The molecule has 0 radical (unpaired) electrons. The maximum absolute atomic E-state index is 11.4. The van der Waals surface area contributed by atoms with Crippen LogP contribution in [0.4, 0.5) is 0 Å². The van der Waals surface area contributed by atoms with Gasteiger partial charge in [0.2, 0.25) is 11.8 Å². The second-order valence-electron chi connectivity index (χ2n) is 4.23. The third kappa shape index (κ3) is 3.40. The molecule has 2 rings (SSSR count). The van der Waals surface area contributed by atoms with E-state index < -0.39 is 5.97 Å². The molecule has 0 unspecified atom stereocenters. The van der Waals surface area contributed by atoms with E-state index in [1.807, 2.05) is 0 Å². The summed E-state index contributed by atoms with van der Waals surface area (Å²) in [5.74, 6) is -0.697. The smallest absolute Gasteiger partial charge is 0.336 e. The summed E-state index contributed by atoms with van der Waals surface area (Å²) < 4.78 is 0.527. The van der Waals surface area contributed by atoms with E-state index in [9.17, 15) is 14.4 Å². The van der Waals surface area contributed by atoms with Gasteiger partial charge in [0.25, 0.3) is 0 Å². The zero-order valence-electron chi connectivity index (χ0n) is 10.5. The number of thioether (sulfide) groups is 1. The average Bonchev–Trinajstić information content (AvgIpc) is 2.72. The van der Waals surface area contributed by atoms with Crippen LogP contribution in [0.3, 0.4) is 0 Å². The minimum Gasteiger partial charge on any atom is -0.478 e. The van der Waals surface area contributed by atoms with E-state index in [-0.39, 0.29) is 17.4 Å². The van der Waals surface area contributed by atoms with Crippen LogP contribution in [0.25, 0.3) is 0 Å². The van der Waals surface area contributed by atoms with Crippen molar-refractivity contribution in [2.45, 2.75) is 17.7 Å². The van der Waals surface area contributed by atoms with E-state index in [2.05, 4.69) is 15.9 Å². The highest BCUT2D eigenvalue weighted by atomic mass is 79.9. The van der Waals surface area contributed by atoms with Crippen LogP contribution in [0, 0.1) is 0 Å². The molecule has 0 saturated carbocycles. The van der Waals surface area contributed by atoms with Crippen molar-refractivity contribution in [1.29, 1.82) is 0 Å². The van der Waals surface area contributed by atoms with Gasteiger partial charge in [0.1, 0.15) is 0 Å². The summed E-state index contributed by atoms with van der Waals surface area (Å²) in [4.78, 5) is 35.9. The van der Waals surface area contributed by atoms with Crippen molar-refractivity contribution in [2.24, 2.45) is 0 Å². The Morgan fingerprint density at radius 1 is 1.30 bits per heavy atom. The summed E-state index contributed by atoms with van der Waals surface area (Å²) in [5.41, 5.74) is 0.198. The van der Waals surface area contributed by atoms with Crippen molar-refractivity contribution in [3.05, 3.63) is 28.2 Å². The maximum atomic E-state index is 11.4. The first-order valence-corrected chi connectivity index (χ1v) is 7.75. The standard InChI is InChI=1S/C13H12BrNO4S/c14-10-2-1-8(7-9(10)13(18)19)20-6-5-15-11(16)3-4-12(15)17/h1-2,7H,3-6H2,(H,18,19). The first-order valence-electron chi connectivity index (χ1n) is 5.98. The van der Waals surface area contributed by atoms with Gasteiger partial charge in [-0.3, -0.25) is 14.5 Å². The second kappa shape index (κ2) is 6.41. The van der Waals surface area contributed by atoms with Gasteiger partial charge in [0.15, 0.2) is 0 Å². The molecular formula is C13H12BrNO4S. The predicted octanol–water partition coefficient (Wildman–Crippen LogP) is 2.39. The number of aromatic carboxylic acids is 1. The summed E-state index contributed by atoms with van der Waals surface area (Å²) in [6, 6.07) is 5.05. The van der Waals surface area contributed by atoms with Crippen LogP contribution in [-0.4, -0.2) is 40.1 Å². The minimum atomic E-state index is -0.996. The first kappa shape index (κ1) is 15.1. The molecule has 1 heterocycles. The summed E-state index contributed by atoms with van der Waals surface area (Å²) in [6.07, 6.45) is 0.593. The van der Waals surface area contributed by atoms with E-state index in [0.717, 1.165) is 4.90 Å². The first-order chi connectivity index (χ1) is 9.49. The molecule has 0 aromatic heterocycles. The Balaban J connectivity index is 1.94. The molecule has 1 fully saturated rings. The number of hydrogen-bond acceptors (Lipinski definition) is 4. The summed E-state index contributed by atoms with van der Waals surface area (Å²) in [5, 5.41) is 9.02. The quantitative estimate of drug-likeness (QED) is 0.646. The second-order valence-corrected chi connectivity index (χ2v) is 6.26. The van der Waals surface area contributed by atoms with Crippen LogP contribution < -0.4 is 0 Å².